The fraction of sp³-hybridized carbons (Fsp3) is 0.857. The third-order valence-corrected chi connectivity index (χ3v) is 6.41. The Morgan fingerprint density at radius 3 is 1.04 bits per heavy atom. The predicted molar refractivity (Wildman–Crippen MR) is 168 cm³/mol. The van der Waals surface area contributed by atoms with Gasteiger partial charge in [0.05, 0.1) is 31.2 Å². The molecule has 49 heavy (non-hydrogen) atoms. The number of hydrogen-bond donors (Lipinski definition) is 7. The van der Waals surface area contributed by atoms with Gasteiger partial charge in [-0.2, -0.15) is 0 Å². The number of carbonyl (C=O) groups is 4. The molecule has 2 aliphatic rings. The zero-order chi connectivity index (χ0) is 35.0. The van der Waals surface area contributed by atoms with Crippen molar-refractivity contribution in [2.24, 2.45) is 0 Å². The number of rotatable bonds is 8. The van der Waals surface area contributed by atoms with E-state index in [4.69, 9.17) is 16.0 Å². The van der Waals surface area contributed by atoms with Gasteiger partial charge < -0.3 is 71.8 Å². The van der Waals surface area contributed by atoms with E-state index in [1.807, 2.05) is 4.90 Å². The van der Waals surface area contributed by atoms with E-state index < -0.39 is 36.0 Å². The van der Waals surface area contributed by atoms with Crippen LogP contribution in [0.3, 0.4) is 0 Å². The zero-order valence-corrected chi connectivity index (χ0v) is 30.9. The summed E-state index contributed by atoms with van der Waals surface area (Å²) >= 11 is 0. The molecule has 0 aromatic carbocycles. The molecule has 0 aliphatic carbocycles. The average molecular weight is 691 g/mol. The average Bonchev–Trinajstić information content (AvgIpc) is 3.02. The van der Waals surface area contributed by atoms with Crippen LogP contribution in [0.4, 0.5) is 0 Å². The Balaban J connectivity index is -0.000000166. The number of ether oxygens (including phenoxy) is 2. The van der Waals surface area contributed by atoms with E-state index in [0.717, 1.165) is 59.5 Å². The van der Waals surface area contributed by atoms with Gasteiger partial charge >= 0.3 is 68.5 Å². The topological polar surface area (TPSA) is 262 Å². The molecule has 2 fully saturated rings. The van der Waals surface area contributed by atoms with E-state index in [2.05, 4.69) is 31.9 Å². The third-order valence-electron chi connectivity index (χ3n) is 6.41. The summed E-state index contributed by atoms with van der Waals surface area (Å²) < 4.78 is 15.9. The molecular formula is C28H59Li3N8O10. The largest absolute Gasteiger partial charge is 1.00 e. The molecule has 18 nitrogen and oxygen atoms in total. The summed E-state index contributed by atoms with van der Waals surface area (Å²) in [5.74, 6) is -4.35. The molecule has 2 heterocycles. The monoisotopic (exact) mass is 690 g/mol. The molecule has 0 aromatic heterocycles. The van der Waals surface area contributed by atoms with Crippen LogP contribution >= 0.6 is 0 Å². The zero-order valence-electron chi connectivity index (χ0n) is 31.9. The van der Waals surface area contributed by atoms with Crippen LogP contribution in [-0.2, 0) is 28.7 Å². The van der Waals surface area contributed by atoms with Crippen LogP contribution in [0.5, 0.6) is 0 Å². The Labute approximate surface area is 329 Å². The number of aliphatic hydroxyl groups is 1. The van der Waals surface area contributed by atoms with Crippen molar-refractivity contribution in [2.75, 3.05) is 125 Å². The molecule has 0 spiro atoms. The summed E-state index contributed by atoms with van der Waals surface area (Å²) in [6.45, 7) is 14.7. The van der Waals surface area contributed by atoms with Gasteiger partial charge in [0.1, 0.15) is 0 Å². The number of aliphatic carboxylic acids is 2. The van der Waals surface area contributed by atoms with E-state index in [1.54, 1.807) is 13.8 Å². The van der Waals surface area contributed by atoms with E-state index in [1.165, 1.54) is 12.3 Å². The van der Waals surface area contributed by atoms with Gasteiger partial charge in [0.25, 0.3) is 0 Å². The van der Waals surface area contributed by atoms with Gasteiger partial charge in [0, 0.05) is 113 Å². The normalized spacial score (nSPS) is 17.0. The van der Waals surface area contributed by atoms with Gasteiger partial charge in [-0.1, -0.05) is 7.40 Å². The predicted octanol–water partition coefficient (Wildman–Crippen LogP) is -15.4. The molecule has 0 radical (unpaired) electrons. The maximum absolute atomic E-state index is 12.2. The SMILES string of the molecule is CCOC(=O)C(C(=O)OCC)N1CCNCCNCCNCC1.CO.O=C([O-])C(C(=O)[O-])N1CCNCCNCCNCC1.[3H]C.[Li+].[Li+].[Li+].[OH-]. The number of hydrogen-bond acceptors (Lipinski definition) is 18. The van der Waals surface area contributed by atoms with Gasteiger partial charge in [-0.3, -0.25) is 9.80 Å². The molecule has 0 atom stereocenters. The number of nitrogens with one attached hydrogen (secondary N) is 6. The van der Waals surface area contributed by atoms with Crippen LogP contribution in [0.2, 0.25) is 0 Å². The summed E-state index contributed by atoms with van der Waals surface area (Å²) in [5, 5.41) is 48.2. The molecule has 0 unspecified atom stereocenters. The van der Waals surface area contributed by atoms with Crippen molar-refractivity contribution >= 4 is 23.9 Å². The first-order valence-electron chi connectivity index (χ1n) is 16.3. The third kappa shape index (κ3) is 29.5. The summed E-state index contributed by atoms with van der Waals surface area (Å²) in [6.07, 6.45) is 0. The first kappa shape index (κ1) is 57.6. The van der Waals surface area contributed by atoms with Crippen LogP contribution in [-0.4, -0.2) is 181 Å². The Morgan fingerprint density at radius 2 is 0.816 bits per heavy atom. The summed E-state index contributed by atoms with van der Waals surface area (Å²) in [4.78, 5) is 49.4. The van der Waals surface area contributed by atoms with E-state index in [-0.39, 0.29) is 75.3 Å². The van der Waals surface area contributed by atoms with Crippen molar-refractivity contribution in [3.8, 4) is 0 Å². The molecular weight excluding hydrogens is 629 g/mol. The molecule has 274 valence electrons. The van der Waals surface area contributed by atoms with Gasteiger partial charge in [-0.05, 0) is 13.8 Å². The molecule has 2 rings (SSSR count). The first-order valence-corrected chi connectivity index (χ1v) is 15.3. The smallest absolute Gasteiger partial charge is 0.870 e. The molecule has 0 bridgehead atoms. The Morgan fingerprint density at radius 1 is 0.592 bits per heavy atom. The van der Waals surface area contributed by atoms with Crippen LogP contribution in [0.25, 0.3) is 0 Å². The second-order valence-electron chi connectivity index (χ2n) is 9.52. The fourth-order valence-electron chi connectivity index (χ4n) is 4.32. The van der Waals surface area contributed by atoms with E-state index in [9.17, 15) is 29.4 Å². The fourth-order valence-corrected chi connectivity index (χ4v) is 4.32. The number of carbonyl (C=O) groups excluding carboxylic acids is 4. The summed E-state index contributed by atoms with van der Waals surface area (Å²) in [6, 6.07) is -2.70. The quantitative estimate of drug-likeness (QED) is 0.0708. The van der Waals surface area contributed by atoms with Crippen molar-refractivity contribution in [3.05, 3.63) is 0 Å². The van der Waals surface area contributed by atoms with Gasteiger partial charge in [-0.25, -0.2) is 9.59 Å². The van der Waals surface area contributed by atoms with Crippen molar-refractivity contribution < 1.29 is 107 Å². The minimum Gasteiger partial charge on any atom is -0.870 e. The molecule has 0 aromatic rings. The van der Waals surface area contributed by atoms with Gasteiger partial charge in [-0.15, -0.1) is 0 Å². The second-order valence-corrected chi connectivity index (χ2v) is 9.52. The molecule has 8 N–H and O–H groups in total. The summed E-state index contributed by atoms with van der Waals surface area (Å²) in [7, 11) is 2.25. The number of carboxylic acids is 2. The first-order chi connectivity index (χ1) is 22.3. The minimum atomic E-state index is -1.70. The number of esters is 2. The second kappa shape index (κ2) is 41.7. The molecule has 2 saturated heterocycles. The Hall–Kier alpha value is -0.728. The van der Waals surface area contributed by atoms with E-state index >= 15 is 0 Å². The number of carboxylic acid groups (broad SMARTS) is 2. The van der Waals surface area contributed by atoms with Crippen LogP contribution in [0, 0.1) is 0 Å². The maximum atomic E-state index is 12.2. The number of nitrogens with zero attached hydrogens (tertiary/aromatic N) is 2. The van der Waals surface area contributed by atoms with E-state index in [0.29, 0.717) is 52.4 Å². The Bertz CT molecular complexity index is 752. The minimum absolute atomic E-state index is 0. The van der Waals surface area contributed by atoms with Crippen LogP contribution in [0.1, 0.15) is 22.6 Å². The van der Waals surface area contributed by atoms with Gasteiger partial charge in [0.15, 0.2) is 0 Å². The number of aliphatic hydroxyl groups excluding tert-OH is 1. The van der Waals surface area contributed by atoms with Crippen LogP contribution in [0.15, 0.2) is 0 Å². The molecule has 2 aliphatic heterocycles. The van der Waals surface area contributed by atoms with Crippen molar-refractivity contribution in [1.82, 2.24) is 41.7 Å². The molecule has 0 amide bonds. The molecule has 0 saturated carbocycles. The van der Waals surface area contributed by atoms with Crippen molar-refractivity contribution in [1.29, 1.82) is 0 Å². The molecule has 21 heteroatoms. The van der Waals surface area contributed by atoms with Crippen molar-refractivity contribution in [3.63, 3.8) is 0 Å². The van der Waals surface area contributed by atoms with Crippen LogP contribution < -0.4 is 98.7 Å². The maximum Gasteiger partial charge on any atom is 1.00 e. The summed E-state index contributed by atoms with van der Waals surface area (Å²) in [5.41, 5.74) is 0. The van der Waals surface area contributed by atoms with Gasteiger partial charge in [0.2, 0.25) is 6.04 Å². The standard InChI is InChI=1S/C15H30N4O4.C11H22N4O4.CH4O.CH4.3Li.H2O/c1-3-22-14(20)13(15(21)23-4-2)19-11-9-17-7-5-16-6-8-18-10-12-19;16-10(17)9(11(18)19)15-7-5-13-3-1-12-2-4-14-6-8-15;1-2;;;;;/h13,16-18H,3-12H2,1-2H3;9,12-14H,1-8H2,(H,16,17)(H,18,19);2H,1H3;1H4;;;;1H2/q;;;;3*+1;/p-3/i;;;1T;;;;. The Kier molecular flexibility index (Phi) is 49.0. The van der Waals surface area contributed by atoms with Crippen molar-refractivity contribution in [2.45, 2.75) is 33.3 Å².